The summed E-state index contributed by atoms with van der Waals surface area (Å²) in [7, 11) is 0. The van der Waals surface area contributed by atoms with Crippen molar-refractivity contribution < 1.29 is 9.47 Å². The maximum Gasteiger partial charge on any atom is 0.131 e. The molecule has 0 radical (unpaired) electrons. The summed E-state index contributed by atoms with van der Waals surface area (Å²) in [6.45, 7) is 6.80. The molecule has 1 aliphatic rings. The molecule has 0 amide bonds. The number of hydrogen-bond donors (Lipinski definition) is 2. The molecule has 5 nitrogen and oxygen atoms in total. The monoisotopic (exact) mass is 327 g/mol. The molecule has 5 heteroatoms. The van der Waals surface area contributed by atoms with Gasteiger partial charge in [0.05, 0.1) is 0 Å². The van der Waals surface area contributed by atoms with Crippen LogP contribution in [0.1, 0.15) is 38.9 Å². The van der Waals surface area contributed by atoms with Crippen molar-refractivity contribution >= 4 is 5.82 Å². The number of aromatic nitrogens is 1. The molecule has 0 spiro atoms. The number of benzene rings is 1. The Hall–Kier alpha value is -2.27. The molecule has 128 valence electrons. The van der Waals surface area contributed by atoms with Gasteiger partial charge in [-0.05, 0) is 43.0 Å². The van der Waals surface area contributed by atoms with Crippen molar-refractivity contribution in [2.75, 3.05) is 12.3 Å². The van der Waals surface area contributed by atoms with E-state index in [4.69, 9.17) is 20.9 Å². The fourth-order valence-electron chi connectivity index (χ4n) is 3.19. The molecule has 2 heterocycles. The van der Waals surface area contributed by atoms with Crippen molar-refractivity contribution in [3.8, 4) is 22.6 Å². The van der Waals surface area contributed by atoms with Crippen molar-refractivity contribution in [3.63, 3.8) is 0 Å². The Morgan fingerprint density at radius 3 is 2.79 bits per heavy atom. The van der Waals surface area contributed by atoms with Crippen molar-refractivity contribution in [2.45, 2.75) is 39.3 Å². The molecular weight excluding hydrogens is 302 g/mol. The number of hydrogen-bond acceptors (Lipinski definition) is 5. The first-order valence-electron chi connectivity index (χ1n) is 8.39. The largest absolute Gasteiger partial charge is 0.492 e. The average molecular weight is 327 g/mol. The number of ether oxygens (including phenoxy) is 2. The lowest BCUT2D eigenvalue weighted by atomic mass is 9.94. The molecule has 1 aromatic heterocycles. The molecule has 1 aliphatic heterocycles. The summed E-state index contributed by atoms with van der Waals surface area (Å²) in [6.07, 6.45) is 2.53. The zero-order valence-corrected chi connectivity index (χ0v) is 14.5. The first-order valence-corrected chi connectivity index (χ1v) is 8.39. The van der Waals surface area contributed by atoms with Crippen LogP contribution < -0.4 is 20.9 Å². The van der Waals surface area contributed by atoms with Crippen LogP contribution in [0, 0.1) is 5.92 Å². The molecule has 0 aliphatic carbocycles. The van der Waals surface area contributed by atoms with Gasteiger partial charge in [-0.25, -0.2) is 4.98 Å². The molecule has 2 aromatic rings. The van der Waals surface area contributed by atoms with Crippen molar-refractivity contribution in [2.24, 2.45) is 11.7 Å². The topological polar surface area (TPSA) is 83.4 Å². The summed E-state index contributed by atoms with van der Waals surface area (Å²) in [6, 6.07) is 7.88. The molecule has 4 N–H and O–H groups in total. The quantitative estimate of drug-likeness (QED) is 0.877. The van der Waals surface area contributed by atoms with E-state index in [0.717, 1.165) is 34.6 Å². The van der Waals surface area contributed by atoms with E-state index in [-0.39, 0.29) is 12.1 Å². The minimum atomic E-state index is -0.139. The van der Waals surface area contributed by atoms with E-state index in [1.165, 1.54) is 0 Å². The SMILES string of the molecule is CC(C)C[C@@H](N)COc1ccc2c(c1)OC(C)c1c-2ccnc1N. The first kappa shape index (κ1) is 16.6. The number of nitrogens with zero attached hydrogens (tertiary/aromatic N) is 1. The molecule has 1 aromatic carbocycles. The van der Waals surface area contributed by atoms with Gasteiger partial charge in [-0.15, -0.1) is 0 Å². The molecule has 0 saturated heterocycles. The number of fused-ring (bicyclic) bond motifs is 3. The second-order valence-corrected chi connectivity index (χ2v) is 6.78. The predicted molar refractivity (Wildman–Crippen MR) is 96.1 cm³/mol. The smallest absolute Gasteiger partial charge is 0.131 e. The lowest BCUT2D eigenvalue weighted by molar-refractivity contribution is 0.220. The van der Waals surface area contributed by atoms with Crippen LogP contribution in [0.5, 0.6) is 11.5 Å². The number of nitrogen functional groups attached to an aromatic ring is 1. The number of nitrogens with two attached hydrogens (primary N) is 2. The van der Waals surface area contributed by atoms with E-state index in [1.54, 1.807) is 6.20 Å². The van der Waals surface area contributed by atoms with Gasteiger partial charge >= 0.3 is 0 Å². The first-order chi connectivity index (χ1) is 11.5. The third-order valence-electron chi connectivity index (χ3n) is 4.21. The van der Waals surface area contributed by atoms with Gasteiger partial charge in [0, 0.05) is 29.4 Å². The minimum absolute atomic E-state index is 0.0347. The van der Waals surface area contributed by atoms with Gasteiger partial charge in [-0.3, -0.25) is 0 Å². The Labute approximate surface area is 143 Å². The fourth-order valence-corrected chi connectivity index (χ4v) is 3.19. The van der Waals surface area contributed by atoms with Crippen molar-refractivity contribution in [1.29, 1.82) is 0 Å². The lowest BCUT2D eigenvalue weighted by Gasteiger charge is -2.27. The average Bonchev–Trinajstić information content (AvgIpc) is 2.52. The molecule has 0 saturated carbocycles. The zero-order chi connectivity index (χ0) is 17.3. The molecule has 0 bridgehead atoms. The van der Waals surface area contributed by atoms with Gasteiger partial charge in [0.1, 0.15) is 30.0 Å². The van der Waals surface area contributed by atoms with Gasteiger partial charge in [0.15, 0.2) is 0 Å². The van der Waals surface area contributed by atoms with Crippen LogP contribution in [0.4, 0.5) is 5.82 Å². The zero-order valence-electron chi connectivity index (χ0n) is 14.5. The highest BCUT2D eigenvalue weighted by molar-refractivity contribution is 5.79. The summed E-state index contributed by atoms with van der Waals surface area (Å²) in [5.41, 5.74) is 15.1. The molecule has 2 atom stereocenters. The Bertz CT molecular complexity index is 731. The van der Waals surface area contributed by atoms with Crippen LogP contribution in [0.3, 0.4) is 0 Å². The van der Waals surface area contributed by atoms with E-state index in [2.05, 4.69) is 18.8 Å². The van der Waals surface area contributed by atoms with Gasteiger partial charge in [-0.2, -0.15) is 0 Å². The molecule has 3 rings (SSSR count). The third kappa shape index (κ3) is 3.31. The lowest BCUT2D eigenvalue weighted by Crippen LogP contribution is -2.29. The third-order valence-corrected chi connectivity index (χ3v) is 4.21. The Morgan fingerprint density at radius 1 is 1.25 bits per heavy atom. The van der Waals surface area contributed by atoms with Crippen LogP contribution in [-0.4, -0.2) is 17.6 Å². The summed E-state index contributed by atoms with van der Waals surface area (Å²) in [4.78, 5) is 4.16. The van der Waals surface area contributed by atoms with E-state index in [1.807, 2.05) is 31.2 Å². The Kier molecular flexibility index (Phi) is 4.62. The summed E-state index contributed by atoms with van der Waals surface area (Å²) in [5.74, 6) is 2.65. The van der Waals surface area contributed by atoms with Crippen molar-refractivity contribution in [1.82, 2.24) is 4.98 Å². The van der Waals surface area contributed by atoms with Gasteiger partial charge < -0.3 is 20.9 Å². The van der Waals surface area contributed by atoms with E-state index < -0.39 is 0 Å². The maximum absolute atomic E-state index is 6.09. The van der Waals surface area contributed by atoms with Crippen LogP contribution in [-0.2, 0) is 0 Å². The van der Waals surface area contributed by atoms with E-state index in [0.29, 0.717) is 18.3 Å². The van der Waals surface area contributed by atoms with Gasteiger partial charge in [-0.1, -0.05) is 13.8 Å². The van der Waals surface area contributed by atoms with Gasteiger partial charge in [0.25, 0.3) is 0 Å². The normalized spacial score (nSPS) is 17.0. The Balaban J connectivity index is 1.81. The number of anilines is 1. The number of rotatable bonds is 5. The van der Waals surface area contributed by atoms with Gasteiger partial charge in [0.2, 0.25) is 0 Å². The number of pyridine rings is 1. The highest BCUT2D eigenvalue weighted by Gasteiger charge is 2.26. The van der Waals surface area contributed by atoms with Crippen LogP contribution in [0.25, 0.3) is 11.1 Å². The predicted octanol–water partition coefficient (Wildman–Crippen LogP) is 3.54. The second-order valence-electron chi connectivity index (χ2n) is 6.78. The highest BCUT2D eigenvalue weighted by atomic mass is 16.5. The maximum atomic E-state index is 6.09. The molecule has 0 fully saturated rings. The standard InChI is InChI=1S/C19H25N3O2/c1-11(2)8-13(20)10-23-14-4-5-15-16-6-7-22-19(21)18(16)12(3)24-17(15)9-14/h4-7,9,11-13H,8,10,20H2,1-3H3,(H2,21,22)/t12?,13-/m1/s1. The van der Waals surface area contributed by atoms with Crippen molar-refractivity contribution in [3.05, 3.63) is 36.0 Å². The summed E-state index contributed by atoms with van der Waals surface area (Å²) in [5, 5.41) is 0. The molecule has 24 heavy (non-hydrogen) atoms. The summed E-state index contributed by atoms with van der Waals surface area (Å²) >= 11 is 0. The minimum Gasteiger partial charge on any atom is -0.492 e. The molecular formula is C19H25N3O2. The second kappa shape index (κ2) is 6.69. The van der Waals surface area contributed by atoms with Crippen LogP contribution >= 0.6 is 0 Å². The summed E-state index contributed by atoms with van der Waals surface area (Å²) < 4.78 is 11.9. The van der Waals surface area contributed by atoms with E-state index in [9.17, 15) is 0 Å². The van der Waals surface area contributed by atoms with Crippen LogP contribution in [0.15, 0.2) is 30.5 Å². The van der Waals surface area contributed by atoms with Crippen LogP contribution in [0.2, 0.25) is 0 Å². The Morgan fingerprint density at radius 2 is 2.04 bits per heavy atom. The molecule has 1 unspecified atom stereocenters. The fraction of sp³-hybridized carbons (Fsp3) is 0.421. The van der Waals surface area contributed by atoms with E-state index >= 15 is 0 Å². The highest BCUT2D eigenvalue weighted by Crippen LogP contribution is 2.45.